The minimum absolute atomic E-state index is 0.0778. The van der Waals surface area contributed by atoms with Gasteiger partial charge in [0.2, 0.25) is 10.0 Å². The van der Waals surface area contributed by atoms with Gasteiger partial charge in [-0.3, -0.25) is 4.79 Å². The molecule has 3 aromatic rings. The predicted octanol–water partition coefficient (Wildman–Crippen LogP) is 4.69. The van der Waals surface area contributed by atoms with Crippen LogP contribution in [0.4, 0.5) is 20.2 Å². The summed E-state index contributed by atoms with van der Waals surface area (Å²) in [5.74, 6) is -2.77. The second-order valence-corrected chi connectivity index (χ2v) is 11.5. The second kappa shape index (κ2) is 11.8. The van der Waals surface area contributed by atoms with Gasteiger partial charge in [0.25, 0.3) is 5.91 Å². The van der Waals surface area contributed by atoms with Crippen molar-refractivity contribution in [2.24, 2.45) is 0 Å². The number of rotatable bonds is 7. The maximum Gasteiger partial charge on any atom is 0.338 e. The van der Waals surface area contributed by atoms with Crippen molar-refractivity contribution in [2.45, 2.75) is 4.90 Å². The monoisotopic (exact) mass is 627 g/mol. The molecule has 1 aliphatic heterocycles. The number of anilines is 2. The average molecular weight is 629 g/mol. The Morgan fingerprint density at radius 1 is 0.974 bits per heavy atom. The van der Waals surface area contributed by atoms with Crippen LogP contribution in [0.15, 0.2) is 70.0 Å². The number of amides is 1. The largest absolute Gasteiger partial charge is 0.452 e. The van der Waals surface area contributed by atoms with Gasteiger partial charge in [0.1, 0.15) is 16.5 Å². The van der Waals surface area contributed by atoms with Crippen molar-refractivity contribution in [1.82, 2.24) is 4.31 Å². The molecular weight excluding hydrogens is 608 g/mol. The van der Waals surface area contributed by atoms with Crippen LogP contribution in [0.5, 0.6) is 0 Å². The Balaban J connectivity index is 1.40. The fourth-order valence-electron chi connectivity index (χ4n) is 3.80. The molecule has 0 unspecified atom stereocenters. The third-order valence-electron chi connectivity index (χ3n) is 5.75. The van der Waals surface area contributed by atoms with Gasteiger partial charge in [-0.15, -0.1) is 0 Å². The summed E-state index contributed by atoms with van der Waals surface area (Å²) in [6.45, 7) is 0.329. The molecule has 4 rings (SSSR count). The summed E-state index contributed by atoms with van der Waals surface area (Å²) in [6.07, 6.45) is 0. The van der Waals surface area contributed by atoms with E-state index >= 15 is 0 Å². The third kappa shape index (κ3) is 6.49. The predicted molar refractivity (Wildman–Crippen MR) is 142 cm³/mol. The van der Waals surface area contributed by atoms with Gasteiger partial charge in [-0.25, -0.2) is 22.0 Å². The Kier molecular flexibility index (Phi) is 8.66. The van der Waals surface area contributed by atoms with Crippen molar-refractivity contribution < 1.29 is 31.5 Å². The maximum atomic E-state index is 13.9. The third-order valence-corrected chi connectivity index (χ3v) is 8.63. The Morgan fingerprint density at radius 3 is 2.32 bits per heavy atom. The van der Waals surface area contributed by atoms with Crippen molar-refractivity contribution in [3.8, 4) is 0 Å². The second-order valence-electron chi connectivity index (χ2n) is 8.26. The number of carbonyl (C=O) groups is 2. The van der Waals surface area contributed by atoms with E-state index in [4.69, 9.17) is 16.3 Å². The van der Waals surface area contributed by atoms with Crippen LogP contribution in [0.3, 0.4) is 0 Å². The highest BCUT2D eigenvalue weighted by atomic mass is 79.9. The molecule has 0 saturated carbocycles. The Morgan fingerprint density at radius 2 is 1.66 bits per heavy atom. The van der Waals surface area contributed by atoms with Gasteiger partial charge in [-0.1, -0.05) is 27.5 Å². The first-order valence-electron chi connectivity index (χ1n) is 11.3. The Labute approximate surface area is 231 Å². The van der Waals surface area contributed by atoms with E-state index in [1.165, 1.54) is 46.8 Å². The van der Waals surface area contributed by atoms with Crippen LogP contribution < -0.4 is 10.2 Å². The number of hydrogen-bond acceptors (Lipinski definition) is 6. The van der Waals surface area contributed by atoms with Crippen molar-refractivity contribution in [3.05, 3.63) is 87.4 Å². The number of ether oxygens (including phenoxy) is 1. The molecule has 0 aromatic heterocycles. The number of nitrogens with zero attached hydrogens (tertiary/aromatic N) is 2. The van der Waals surface area contributed by atoms with Crippen LogP contribution in [0.25, 0.3) is 0 Å². The van der Waals surface area contributed by atoms with Crippen LogP contribution in [-0.4, -0.2) is 57.4 Å². The number of sulfonamides is 1. The van der Waals surface area contributed by atoms with Crippen molar-refractivity contribution in [2.75, 3.05) is 43.0 Å². The zero-order chi connectivity index (χ0) is 27.4. The van der Waals surface area contributed by atoms with Crippen LogP contribution in [0, 0.1) is 11.6 Å². The number of piperazine rings is 1. The minimum atomic E-state index is -4.06. The maximum absolute atomic E-state index is 13.9. The fourth-order valence-corrected chi connectivity index (χ4v) is 6.05. The number of hydrogen-bond donors (Lipinski definition) is 1. The van der Waals surface area contributed by atoms with E-state index < -0.39 is 34.3 Å². The van der Waals surface area contributed by atoms with Crippen molar-refractivity contribution in [3.63, 3.8) is 0 Å². The highest BCUT2D eigenvalue weighted by molar-refractivity contribution is 9.10. The normalized spacial score (nSPS) is 14.3. The first-order chi connectivity index (χ1) is 18.0. The summed E-state index contributed by atoms with van der Waals surface area (Å²) in [4.78, 5) is 26.3. The number of benzene rings is 3. The molecule has 3 aromatic carbocycles. The van der Waals surface area contributed by atoms with Gasteiger partial charge in [0.15, 0.2) is 6.61 Å². The topological polar surface area (TPSA) is 96.0 Å². The lowest BCUT2D eigenvalue weighted by Crippen LogP contribution is -2.48. The highest BCUT2D eigenvalue weighted by Crippen LogP contribution is 2.28. The highest BCUT2D eigenvalue weighted by Gasteiger charge is 2.31. The first-order valence-corrected chi connectivity index (χ1v) is 13.9. The SMILES string of the molecule is O=C(COC(=O)c1ccc(Cl)c(S(=O)(=O)N2CCN(c3ccc(F)cc3)CC2)c1)Nc1ccc(Br)cc1F. The number of esters is 1. The number of carbonyl (C=O) groups excluding carboxylic acids is 2. The van der Waals surface area contributed by atoms with Gasteiger partial charge in [0.05, 0.1) is 16.3 Å². The molecule has 1 fully saturated rings. The molecule has 1 N–H and O–H groups in total. The van der Waals surface area contributed by atoms with Crippen LogP contribution in [0.1, 0.15) is 10.4 Å². The summed E-state index contributed by atoms with van der Waals surface area (Å²) in [5, 5.41) is 2.21. The molecule has 1 amide bonds. The lowest BCUT2D eigenvalue weighted by atomic mass is 10.2. The molecule has 0 radical (unpaired) electrons. The van der Waals surface area contributed by atoms with Gasteiger partial charge >= 0.3 is 5.97 Å². The number of halogens is 4. The fraction of sp³-hybridized carbons (Fsp3) is 0.200. The van der Waals surface area contributed by atoms with Crippen molar-refractivity contribution in [1.29, 1.82) is 0 Å². The molecular formula is C25H21BrClF2N3O5S. The summed E-state index contributed by atoms with van der Waals surface area (Å²) < 4.78 is 60.5. The summed E-state index contributed by atoms with van der Waals surface area (Å²) in [6, 6.07) is 13.6. The van der Waals surface area contributed by atoms with E-state index in [9.17, 15) is 26.8 Å². The zero-order valence-electron chi connectivity index (χ0n) is 19.7. The number of nitrogens with one attached hydrogen (secondary N) is 1. The minimum Gasteiger partial charge on any atom is -0.452 e. The molecule has 1 saturated heterocycles. The first kappa shape index (κ1) is 28.0. The lowest BCUT2D eigenvalue weighted by molar-refractivity contribution is -0.119. The molecule has 0 spiro atoms. The zero-order valence-corrected chi connectivity index (χ0v) is 22.8. The van der Waals surface area contributed by atoms with Crippen molar-refractivity contribution >= 4 is 60.8 Å². The molecule has 13 heteroatoms. The molecule has 1 aliphatic rings. The molecule has 1 heterocycles. The van der Waals surface area contributed by atoms with E-state index in [2.05, 4.69) is 21.2 Å². The van der Waals surface area contributed by atoms with Gasteiger partial charge in [0, 0.05) is 36.3 Å². The quantitative estimate of drug-likeness (QED) is 0.382. The summed E-state index contributed by atoms with van der Waals surface area (Å²) in [7, 11) is -4.06. The molecule has 38 heavy (non-hydrogen) atoms. The van der Waals surface area contributed by atoms with E-state index in [1.54, 1.807) is 12.1 Å². The van der Waals surface area contributed by atoms with Crippen LogP contribution in [-0.2, 0) is 19.6 Å². The lowest BCUT2D eigenvalue weighted by Gasteiger charge is -2.35. The van der Waals surface area contributed by atoms with Gasteiger partial charge in [-0.05, 0) is 60.7 Å². The summed E-state index contributed by atoms with van der Waals surface area (Å²) >= 11 is 9.29. The molecule has 0 atom stereocenters. The van der Waals surface area contributed by atoms with E-state index in [1.807, 2.05) is 4.90 Å². The van der Waals surface area contributed by atoms with Crippen LogP contribution >= 0.6 is 27.5 Å². The standard InChI is InChI=1S/C25H21BrClF2N3O5S/c26-17-2-8-22(21(29)14-17)30-24(33)15-37-25(34)16-1-7-20(27)23(13-16)38(35,36)32-11-9-31(10-12-32)19-5-3-18(28)4-6-19/h1-8,13-14H,9-12,15H2,(H,30,33). The molecule has 0 bridgehead atoms. The smallest absolute Gasteiger partial charge is 0.338 e. The average Bonchev–Trinajstić information content (AvgIpc) is 2.89. The van der Waals surface area contributed by atoms with E-state index in [0.29, 0.717) is 17.6 Å². The molecule has 8 nitrogen and oxygen atoms in total. The Hall–Kier alpha value is -3.06. The van der Waals surface area contributed by atoms with E-state index in [-0.39, 0.29) is 40.1 Å². The Bertz CT molecular complexity index is 1470. The van der Waals surface area contributed by atoms with Gasteiger partial charge in [-0.2, -0.15) is 4.31 Å². The van der Waals surface area contributed by atoms with E-state index in [0.717, 1.165) is 11.8 Å². The van der Waals surface area contributed by atoms with Gasteiger partial charge < -0.3 is 15.0 Å². The van der Waals surface area contributed by atoms with Crippen LogP contribution in [0.2, 0.25) is 5.02 Å². The molecule has 200 valence electrons. The summed E-state index contributed by atoms with van der Waals surface area (Å²) in [5.41, 5.74) is 0.562. The molecule has 0 aliphatic carbocycles.